The molecule has 2 aliphatic rings. The Bertz CT molecular complexity index is 366. The van der Waals surface area contributed by atoms with Crippen molar-refractivity contribution in [1.82, 2.24) is 10.6 Å². The van der Waals surface area contributed by atoms with E-state index in [9.17, 15) is 9.59 Å². The minimum Gasteiger partial charge on any atom is -0.481 e. The fraction of sp³-hybridized carbons (Fsp3) is 0.867. The van der Waals surface area contributed by atoms with Gasteiger partial charge in [0.2, 0.25) is 0 Å². The molecule has 2 fully saturated rings. The minimum atomic E-state index is -0.797. The first-order valence-corrected chi connectivity index (χ1v) is 7.77. The highest BCUT2D eigenvalue weighted by Gasteiger charge is 2.50. The lowest BCUT2D eigenvalue weighted by Gasteiger charge is -2.26. The van der Waals surface area contributed by atoms with Gasteiger partial charge in [0.1, 0.15) is 0 Å². The molecule has 2 rings (SSSR count). The van der Waals surface area contributed by atoms with Gasteiger partial charge in [-0.2, -0.15) is 0 Å². The largest absolute Gasteiger partial charge is 0.481 e. The monoisotopic (exact) mass is 282 g/mol. The van der Waals surface area contributed by atoms with E-state index in [1.807, 2.05) is 0 Å². The van der Waals surface area contributed by atoms with Crippen LogP contribution in [0, 0.1) is 17.3 Å². The summed E-state index contributed by atoms with van der Waals surface area (Å²) in [5.41, 5.74) is -0.684. The normalized spacial score (nSPS) is 27.6. The Labute approximate surface area is 120 Å². The van der Waals surface area contributed by atoms with Gasteiger partial charge in [-0.25, -0.2) is 4.79 Å². The fourth-order valence-electron chi connectivity index (χ4n) is 3.14. The van der Waals surface area contributed by atoms with Crippen LogP contribution in [0.15, 0.2) is 0 Å². The van der Waals surface area contributed by atoms with E-state index in [-0.39, 0.29) is 12.6 Å². The maximum atomic E-state index is 11.6. The maximum absolute atomic E-state index is 11.6. The molecular weight excluding hydrogens is 256 g/mol. The van der Waals surface area contributed by atoms with E-state index in [1.165, 1.54) is 25.7 Å². The van der Waals surface area contributed by atoms with Crippen molar-refractivity contribution in [2.24, 2.45) is 17.3 Å². The predicted octanol–water partition coefficient (Wildman–Crippen LogP) is 2.37. The van der Waals surface area contributed by atoms with E-state index in [4.69, 9.17) is 5.11 Å². The van der Waals surface area contributed by atoms with Crippen molar-refractivity contribution >= 4 is 12.0 Å². The first-order chi connectivity index (χ1) is 9.52. The number of carboxylic acid groups (broad SMARTS) is 1. The summed E-state index contributed by atoms with van der Waals surface area (Å²) >= 11 is 0. The van der Waals surface area contributed by atoms with Crippen LogP contribution in [0.1, 0.15) is 51.9 Å². The first kappa shape index (κ1) is 15.1. The van der Waals surface area contributed by atoms with Gasteiger partial charge >= 0.3 is 12.0 Å². The number of amides is 2. The lowest BCUT2D eigenvalue weighted by Crippen LogP contribution is -2.41. The van der Waals surface area contributed by atoms with E-state index < -0.39 is 11.4 Å². The molecule has 0 aromatic heterocycles. The van der Waals surface area contributed by atoms with Crippen LogP contribution in [-0.4, -0.2) is 30.2 Å². The van der Waals surface area contributed by atoms with E-state index >= 15 is 0 Å². The smallest absolute Gasteiger partial charge is 0.314 e. The molecule has 0 heterocycles. The molecule has 3 N–H and O–H groups in total. The number of carbonyl (C=O) groups excluding carboxylic acids is 1. The molecule has 0 radical (unpaired) electrons. The molecule has 114 valence electrons. The summed E-state index contributed by atoms with van der Waals surface area (Å²) in [6.07, 6.45) is 7.55. The minimum absolute atomic E-state index is 0.235. The third-order valence-corrected chi connectivity index (χ3v) is 4.78. The summed E-state index contributed by atoms with van der Waals surface area (Å²) in [5.74, 6) is 0.745. The Morgan fingerprint density at radius 1 is 1.25 bits per heavy atom. The van der Waals surface area contributed by atoms with E-state index in [0.29, 0.717) is 19.4 Å². The molecule has 2 atom stereocenters. The predicted molar refractivity (Wildman–Crippen MR) is 76.4 cm³/mol. The fourth-order valence-corrected chi connectivity index (χ4v) is 3.14. The van der Waals surface area contributed by atoms with Crippen molar-refractivity contribution in [3.63, 3.8) is 0 Å². The molecule has 2 unspecified atom stereocenters. The van der Waals surface area contributed by atoms with Crippen LogP contribution >= 0.6 is 0 Å². The molecule has 5 nitrogen and oxygen atoms in total. The van der Waals surface area contributed by atoms with Crippen molar-refractivity contribution in [1.29, 1.82) is 0 Å². The Kier molecular flexibility index (Phi) is 4.89. The number of hydrogen-bond acceptors (Lipinski definition) is 2. The van der Waals surface area contributed by atoms with Crippen LogP contribution in [0.4, 0.5) is 4.79 Å². The number of carbonyl (C=O) groups is 2. The summed E-state index contributed by atoms with van der Waals surface area (Å²) in [4.78, 5) is 22.6. The lowest BCUT2D eigenvalue weighted by molar-refractivity contribution is -0.143. The van der Waals surface area contributed by atoms with Gasteiger partial charge in [-0.3, -0.25) is 4.79 Å². The number of nitrogens with one attached hydrogen (secondary N) is 2. The SMILES string of the molecule is CC1CCCC(CCNC(=O)NCC2(C(=O)O)CC2)C1. The maximum Gasteiger partial charge on any atom is 0.314 e. The molecule has 5 heteroatoms. The summed E-state index contributed by atoms with van der Waals surface area (Å²) in [5, 5.41) is 14.5. The van der Waals surface area contributed by atoms with Crippen molar-refractivity contribution < 1.29 is 14.7 Å². The second-order valence-corrected chi connectivity index (χ2v) is 6.62. The van der Waals surface area contributed by atoms with Crippen LogP contribution in [0.25, 0.3) is 0 Å². The van der Waals surface area contributed by atoms with E-state index in [1.54, 1.807) is 0 Å². The summed E-state index contributed by atoms with van der Waals surface area (Å²) < 4.78 is 0. The second-order valence-electron chi connectivity index (χ2n) is 6.62. The van der Waals surface area contributed by atoms with Gasteiger partial charge in [-0.05, 0) is 37.5 Å². The first-order valence-electron chi connectivity index (χ1n) is 7.77. The highest BCUT2D eigenvalue weighted by Crippen LogP contribution is 2.45. The summed E-state index contributed by atoms with van der Waals surface area (Å²) in [7, 11) is 0. The molecule has 20 heavy (non-hydrogen) atoms. The van der Waals surface area contributed by atoms with Gasteiger partial charge in [0, 0.05) is 13.1 Å². The van der Waals surface area contributed by atoms with Crippen LogP contribution in [-0.2, 0) is 4.79 Å². The molecule has 0 bridgehead atoms. The molecule has 0 aliphatic heterocycles. The van der Waals surface area contributed by atoms with Gasteiger partial charge in [-0.15, -0.1) is 0 Å². The number of urea groups is 1. The number of aliphatic carboxylic acids is 1. The molecular formula is C15H26N2O3. The van der Waals surface area contributed by atoms with Gasteiger partial charge in [0.15, 0.2) is 0 Å². The van der Waals surface area contributed by atoms with Gasteiger partial charge in [0.25, 0.3) is 0 Å². The highest BCUT2D eigenvalue weighted by molar-refractivity contribution is 5.80. The van der Waals surface area contributed by atoms with Crippen LogP contribution in [0.3, 0.4) is 0 Å². The van der Waals surface area contributed by atoms with Gasteiger partial charge in [0.05, 0.1) is 5.41 Å². The second kappa shape index (κ2) is 6.46. The Hall–Kier alpha value is -1.26. The van der Waals surface area contributed by atoms with Gasteiger partial charge in [-0.1, -0.05) is 26.2 Å². The molecule has 2 aliphatic carbocycles. The standard InChI is InChI=1S/C15H26N2O3/c1-11-3-2-4-12(9-11)5-8-16-14(20)17-10-15(6-7-15)13(18)19/h11-12H,2-10H2,1H3,(H,18,19)(H2,16,17,20). The Morgan fingerprint density at radius 3 is 2.60 bits per heavy atom. The third-order valence-electron chi connectivity index (χ3n) is 4.78. The highest BCUT2D eigenvalue weighted by atomic mass is 16.4. The molecule has 0 saturated heterocycles. The zero-order chi connectivity index (χ0) is 14.6. The molecule has 2 saturated carbocycles. The van der Waals surface area contributed by atoms with Crippen LogP contribution in [0.5, 0.6) is 0 Å². The Balaban J connectivity index is 1.57. The Morgan fingerprint density at radius 2 is 2.00 bits per heavy atom. The van der Waals surface area contributed by atoms with Crippen molar-refractivity contribution in [2.75, 3.05) is 13.1 Å². The van der Waals surface area contributed by atoms with Gasteiger partial charge < -0.3 is 15.7 Å². The average molecular weight is 282 g/mol. The number of hydrogen-bond donors (Lipinski definition) is 3. The molecule has 0 aromatic carbocycles. The molecule has 2 amide bonds. The van der Waals surface area contributed by atoms with Crippen molar-refractivity contribution in [2.45, 2.75) is 51.9 Å². The zero-order valence-corrected chi connectivity index (χ0v) is 12.3. The molecule has 0 aromatic rings. The van der Waals surface area contributed by atoms with E-state index in [0.717, 1.165) is 18.3 Å². The molecule has 0 spiro atoms. The van der Waals surface area contributed by atoms with Crippen LogP contribution in [0.2, 0.25) is 0 Å². The third kappa shape index (κ3) is 4.12. The average Bonchev–Trinajstić information content (AvgIpc) is 3.18. The van der Waals surface area contributed by atoms with Crippen molar-refractivity contribution in [3.8, 4) is 0 Å². The number of carboxylic acids is 1. The van der Waals surface area contributed by atoms with Crippen LogP contribution < -0.4 is 10.6 Å². The topological polar surface area (TPSA) is 78.4 Å². The zero-order valence-electron chi connectivity index (χ0n) is 12.3. The summed E-state index contributed by atoms with van der Waals surface area (Å²) in [6, 6.07) is -0.235. The number of rotatable bonds is 6. The van der Waals surface area contributed by atoms with Crippen molar-refractivity contribution in [3.05, 3.63) is 0 Å². The summed E-state index contributed by atoms with van der Waals surface area (Å²) in [6.45, 7) is 3.23. The lowest BCUT2D eigenvalue weighted by atomic mass is 9.81. The quantitative estimate of drug-likeness (QED) is 0.700. The van der Waals surface area contributed by atoms with E-state index in [2.05, 4.69) is 17.6 Å².